The van der Waals surface area contributed by atoms with Crippen molar-refractivity contribution < 1.29 is 9.53 Å². The van der Waals surface area contributed by atoms with Crippen molar-refractivity contribution in [3.05, 3.63) is 35.2 Å². The van der Waals surface area contributed by atoms with Gasteiger partial charge < -0.3 is 4.74 Å². The number of rotatable bonds is 4. The first kappa shape index (κ1) is 9.79. The number of benzene rings is 1. The van der Waals surface area contributed by atoms with Crippen LogP contribution in [0.25, 0.3) is 11.3 Å². The van der Waals surface area contributed by atoms with E-state index in [1.807, 2.05) is 29.6 Å². The molecule has 0 aliphatic rings. The highest BCUT2D eigenvalue weighted by Gasteiger charge is 2.06. The van der Waals surface area contributed by atoms with Crippen molar-refractivity contribution in [2.75, 3.05) is 0 Å². The molecule has 1 aromatic heterocycles. The van der Waals surface area contributed by atoms with Crippen LogP contribution in [0, 0.1) is 0 Å². The molecule has 75 valence electrons. The minimum atomic E-state index is 0.206. The monoisotopic (exact) mass is 219 g/mol. The van der Waals surface area contributed by atoms with E-state index in [-0.39, 0.29) is 6.61 Å². The molecule has 0 unspecified atom stereocenters. The molecule has 2 rings (SSSR count). The van der Waals surface area contributed by atoms with Gasteiger partial charge in [-0.15, -0.1) is 5.10 Å². The first-order valence-corrected chi connectivity index (χ1v) is 5.09. The van der Waals surface area contributed by atoms with Gasteiger partial charge in [0.1, 0.15) is 12.3 Å². The highest BCUT2D eigenvalue weighted by Crippen LogP contribution is 2.22. The van der Waals surface area contributed by atoms with Crippen LogP contribution in [-0.2, 0) is 16.1 Å². The Kier molecular flexibility index (Phi) is 3.04. The summed E-state index contributed by atoms with van der Waals surface area (Å²) in [6.45, 7) is 1.61. The van der Waals surface area contributed by atoms with E-state index >= 15 is 0 Å². The van der Waals surface area contributed by atoms with Gasteiger partial charge in [0.25, 0.3) is 0 Å². The van der Waals surface area contributed by atoms with Gasteiger partial charge in [-0.1, -0.05) is 28.8 Å². The van der Waals surface area contributed by atoms with E-state index in [2.05, 4.69) is 14.3 Å². The lowest BCUT2D eigenvalue weighted by Gasteiger charge is -2.04. The maximum Gasteiger partial charge on any atom is 0.417 e. The van der Waals surface area contributed by atoms with E-state index < -0.39 is 0 Å². The van der Waals surface area contributed by atoms with Crippen molar-refractivity contribution in [2.45, 2.75) is 6.61 Å². The zero-order valence-electron chi connectivity index (χ0n) is 7.71. The molecule has 5 heteroatoms. The lowest BCUT2D eigenvalue weighted by molar-refractivity contribution is 0.267. The Bertz CT molecular complexity index is 442. The maximum atomic E-state index is 10.0. The van der Waals surface area contributed by atoms with Crippen LogP contribution in [0.1, 0.15) is 5.56 Å². The Balaban J connectivity index is 2.34. The summed E-state index contributed by atoms with van der Waals surface area (Å²) in [4.78, 5) is 10.0. The molecule has 0 N–H and O–H groups in total. The lowest BCUT2D eigenvalue weighted by atomic mass is 10.1. The van der Waals surface area contributed by atoms with E-state index in [1.54, 1.807) is 0 Å². The molecule has 2 aromatic rings. The SMILES string of the molecule is O=[C]OCc1ccccc1-c1csnn1. The molecule has 4 nitrogen and oxygen atoms in total. The molecule has 1 heterocycles. The highest BCUT2D eigenvalue weighted by molar-refractivity contribution is 7.03. The van der Waals surface area contributed by atoms with E-state index in [1.165, 1.54) is 18.0 Å². The van der Waals surface area contributed by atoms with Crippen molar-refractivity contribution in [2.24, 2.45) is 0 Å². The van der Waals surface area contributed by atoms with E-state index in [9.17, 15) is 4.79 Å². The topological polar surface area (TPSA) is 52.1 Å². The summed E-state index contributed by atoms with van der Waals surface area (Å²) in [5, 5.41) is 5.82. The number of ether oxygens (including phenoxy) is 1. The molecule has 0 atom stereocenters. The standard InChI is InChI=1S/C10H7N2O2S/c13-7-14-5-8-3-1-2-4-9(8)10-6-15-12-11-10/h1-4,6H,5H2. The van der Waals surface area contributed by atoms with Gasteiger partial charge in [-0.2, -0.15) is 0 Å². The van der Waals surface area contributed by atoms with Crippen LogP contribution in [0.4, 0.5) is 0 Å². The van der Waals surface area contributed by atoms with Gasteiger partial charge in [0.05, 0.1) is 0 Å². The maximum absolute atomic E-state index is 10.0. The molecule has 0 aliphatic carbocycles. The summed E-state index contributed by atoms with van der Waals surface area (Å²) < 4.78 is 8.40. The number of hydrogen-bond acceptors (Lipinski definition) is 5. The van der Waals surface area contributed by atoms with Crippen molar-refractivity contribution in [1.82, 2.24) is 9.59 Å². The summed E-state index contributed by atoms with van der Waals surface area (Å²) in [6, 6.07) is 7.59. The minimum Gasteiger partial charge on any atom is -0.452 e. The molecule has 15 heavy (non-hydrogen) atoms. The summed E-state index contributed by atoms with van der Waals surface area (Å²) >= 11 is 1.29. The second kappa shape index (κ2) is 4.65. The van der Waals surface area contributed by atoms with Crippen LogP contribution in [0.15, 0.2) is 29.6 Å². The predicted molar refractivity (Wildman–Crippen MR) is 55.8 cm³/mol. The third-order valence-corrected chi connectivity index (χ3v) is 2.44. The summed E-state index contributed by atoms with van der Waals surface area (Å²) in [6.07, 6.45) is 0. The van der Waals surface area contributed by atoms with Gasteiger partial charge in [0, 0.05) is 10.9 Å². The normalized spacial score (nSPS) is 9.87. The zero-order chi connectivity index (χ0) is 10.5. The first-order valence-electron chi connectivity index (χ1n) is 4.26. The van der Waals surface area contributed by atoms with Crippen molar-refractivity contribution in [3.8, 4) is 11.3 Å². The van der Waals surface area contributed by atoms with Crippen LogP contribution in [0.2, 0.25) is 0 Å². The fraction of sp³-hybridized carbons (Fsp3) is 0.100. The summed E-state index contributed by atoms with van der Waals surface area (Å²) in [7, 11) is 0. The molecule has 0 saturated heterocycles. The van der Waals surface area contributed by atoms with Gasteiger partial charge in [-0.25, -0.2) is 4.79 Å². The van der Waals surface area contributed by atoms with Gasteiger partial charge in [-0.05, 0) is 17.1 Å². The van der Waals surface area contributed by atoms with Gasteiger partial charge in [0.15, 0.2) is 0 Å². The zero-order valence-corrected chi connectivity index (χ0v) is 8.53. The molecular weight excluding hydrogens is 212 g/mol. The van der Waals surface area contributed by atoms with E-state index in [0.717, 1.165) is 16.8 Å². The fourth-order valence-electron chi connectivity index (χ4n) is 1.29. The Labute approximate surface area is 90.7 Å². The van der Waals surface area contributed by atoms with Crippen LogP contribution < -0.4 is 0 Å². The minimum absolute atomic E-state index is 0.206. The Morgan fingerprint density at radius 1 is 1.40 bits per heavy atom. The molecule has 0 fully saturated rings. The Morgan fingerprint density at radius 2 is 2.27 bits per heavy atom. The molecular formula is C10H7N2O2S. The van der Waals surface area contributed by atoms with Gasteiger partial charge in [0.2, 0.25) is 0 Å². The highest BCUT2D eigenvalue weighted by atomic mass is 32.1. The second-order valence-electron chi connectivity index (χ2n) is 2.82. The fourth-order valence-corrected chi connectivity index (χ4v) is 1.74. The average Bonchev–Trinajstić information content (AvgIpc) is 2.80. The Morgan fingerprint density at radius 3 is 3.00 bits per heavy atom. The molecule has 0 amide bonds. The van der Waals surface area contributed by atoms with Gasteiger partial charge in [-0.3, -0.25) is 0 Å². The second-order valence-corrected chi connectivity index (χ2v) is 3.43. The smallest absolute Gasteiger partial charge is 0.417 e. The molecule has 0 bridgehead atoms. The van der Waals surface area contributed by atoms with Crippen LogP contribution in [0.3, 0.4) is 0 Å². The van der Waals surface area contributed by atoms with Crippen molar-refractivity contribution >= 4 is 18.0 Å². The average molecular weight is 219 g/mol. The van der Waals surface area contributed by atoms with Crippen LogP contribution in [0.5, 0.6) is 0 Å². The predicted octanol–water partition coefficient (Wildman–Crippen LogP) is 1.79. The lowest BCUT2D eigenvalue weighted by Crippen LogP contribution is -1.93. The van der Waals surface area contributed by atoms with Crippen molar-refractivity contribution in [1.29, 1.82) is 0 Å². The molecule has 0 spiro atoms. The van der Waals surface area contributed by atoms with Crippen LogP contribution >= 0.6 is 11.5 Å². The largest absolute Gasteiger partial charge is 0.452 e. The van der Waals surface area contributed by atoms with Crippen molar-refractivity contribution in [3.63, 3.8) is 0 Å². The number of hydrogen-bond donors (Lipinski definition) is 0. The van der Waals surface area contributed by atoms with Gasteiger partial charge >= 0.3 is 6.47 Å². The Hall–Kier alpha value is -1.75. The first-order chi connectivity index (χ1) is 7.42. The third-order valence-electron chi connectivity index (χ3n) is 1.94. The summed E-state index contributed by atoms with van der Waals surface area (Å²) in [5.41, 5.74) is 2.63. The molecule has 0 aliphatic heterocycles. The summed E-state index contributed by atoms with van der Waals surface area (Å²) in [5.74, 6) is 0. The van der Waals surface area contributed by atoms with E-state index in [0.29, 0.717) is 0 Å². The van der Waals surface area contributed by atoms with E-state index in [4.69, 9.17) is 0 Å². The molecule has 1 radical (unpaired) electrons. The number of aromatic nitrogens is 2. The number of nitrogens with zero attached hydrogens (tertiary/aromatic N) is 2. The molecule has 0 saturated carbocycles. The van der Waals surface area contributed by atoms with Crippen LogP contribution in [-0.4, -0.2) is 16.1 Å². The quantitative estimate of drug-likeness (QED) is 0.786. The number of carbonyl (C=O) groups excluding carboxylic acids is 1. The molecule has 1 aromatic carbocycles. The third kappa shape index (κ3) is 2.19.